The summed E-state index contributed by atoms with van der Waals surface area (Å²) >= 11 is 0. The van der Waals surface area contributed by atoms with Gasteiger partial charge in [0.15, 0.2) is 11.6 Å². The molecular weight excluding hydrogens is 345 g/mol. The summed E-state index contributed by atoms with van der Waals surface area (Å²) in [6.07, 6.45) is 5.92. The fourth-order valence-electron chi connectivity index (χ4n) is 3.19. The van der Waals surface area contributed by atoms with E-state index in [0.29, 0.717) is 11.1 Å². The van der Waals surface area contributed by atoms with Gasteiger partial charge in [0.1, 0.15) is 5.82 Å². The highest BCUT2D eigenvalue weighted by Gasteiger charge is 2.18. The van der Waals surface area contributed by atoms with Crippen molar-refractivity contribution in [2.45, 2.75) is 25.7 Å². The molecule has 0 saturated heterocycles. The van der Waals surface area contributed by atoms with Crippen molar-refractivity contribution in [3.63, 3.8) is 0 Å². The largest absolute Gasteiger partial charge is 0.206 e. The van der Waals surface area contributed by atoms with Crippen LogP contribution in [0.5, 0.6) is 0 Å². The molecule has 27 heavy (non-hydrogen) atoms. The van der Waals surface area contributed by atoms with Crippen LogP contribution in [0.25, 0.3) is 22.3 Å². The molecule has 0 bridgehead atoms. The van der Waals surface area contributed by atoms with Gasteiger partial charge in [-0.15, -0.1) is 6.58 Å². The normalized spacial score (nSPS) is 10.8. The van der Waals surface area contributed by atoms with Gasteiger partial charge in [-0.05, 0) is 54.5 Å². The van der Waals surface area contributed by atoms with Gasteiger partial charge in [-0.3, -0.25) is 0 Å². The van der Waals surface area contributed by atoms with Crippen LogP contribution >= 0.6 is 0 Å². The summed E-state index contributed by atoms with van der Waals surface area (Å²) < 4.78 is 42.8. The lowest BCUT2D eigenvalue weighted by molar-refractivity contribution is 0.511. The van der Waals surface area contributed by atoms with Crippen molar-refractivity contribution in [3.8, 4) is 22.3 Å². The van der Waals surface area contributed by atoms with Crippen molar-refractivity contribution in [3.05, 3.63) is 96.3 Å². The van der Waals surface area contributed by atoms with Gasteiger partial charge in [-0.25, -0.2) is 13.2 Å². The summed E-state index contributed by atoms with van der Waals surface area (Å²) in [7, 11) is 0. The number of unbranched alkanes of at least 4 members (excludes halogenated alkanes) is 2. The molecule has 0 aliphatic heterocycles. The molecule has 0 radical (unpaired) electrons. The molecule has 3 aromatic carbocycles. The zero-order valence-corrected chi connectivity index (χ0v) is 15.0. The van der Waals surface area contributed by atoms with Crippen molar-refractivity contribution in [2.75, 3.05) is 0 Å². The maximum absolute atomic E-state index is 14.6. The molecule has 0 heterocycles. The predicted molar refractivity (Wildman–Crippen MR) is 105 cm³/mol. The Labute approximate surface area is 158 Å². The third-order valence-electron chi connectivity index (χ3n) is 4.63. The van der Waals surface area contributed by atoms with E-state index in [1.807, 2.05) is 18.2 Å². The van der Waals surface area contributed by atoms with Gasteiger partial charge in [0.2, 0.25) is 0 Å². The molecule has 3 aromatic rings. The first-order valence-corrected chi connectivity index (χ1v) is 9.05. The van der Waals surface area contributed by atoms with Crippen LogP contribution in [0.2, 0.25) is 0 Å². The van der Waals surface area contributed by atoms with Crippen LogP contribution in [-0.2, 0) is 6.42 Å². The van der Waals surface area contributed by atoms with E-state index in [1.165, 1.54) is 12.1 Å². The van der Waals surface area contributed by atoms with E-state index in [-0.39, 0.29) is 11.1 Å². The van der Waals surface area contributed by atoms with E-state index in [9.17, 15) is 13.2 Å². The highest BCUT2D eigenvalue weighted by Crippen LogP contribution is 2.36. The average molecular weight is 366 g/mol. The van der Waals surface area contributed by atoms with Gasteiger partial charge < -0.3 is 0 Å². The van der Waals surface area contributed by atoms with Crippen LogP contribution in [0.1, 0.15) is 24.8 Å². The third-order valence-corrected chi connectivity index (χ3v) is 4.63. The first kappa shape index (κ1) is 19.0. The highest BCUT2D eigenvalue weighted by atomic mass is 19.2. The quantitative estimate of drug-likeness (QED) is 0.303. The highest BCUT2D eigenvalue weighted by molar-refractivity contribution is 5.84. The number of allylic oxidation sites excluding steroid dienone is 1. The minimum atomic E-state index is -0.963. The lowest BCUT2D eigenvalue weighted by Crippen LogP contribution is -1.96. The van der Waals surface area contributed by atoms with Crippen LogP contribution in [0, 0.1) is 17.5 Å². The lowest BCUT2D eigenvalue weighted by Gasteiger charge is -2.13. The van der Waals surface area contributed by atoms with Crippen LogP contribution in [-0.4, -0.2) is 0 Å². The van der Waals surface area contributed by atoms with E-state index in [1.54, 1.807) is 30.3 Å². The summed E-state index contributed by atoms with van der Waals surface area (Å²) in [6, 6.07) is 16.0. The molecule has 0 spiro atoms. The van der Waals surface area contributed by atoms with Crippen molar-refractivity contribution >= 4 is 0 Å². The van der Waals surface area contributed by atoms with E-state index < -0.39 is 17.5 Å². The van der Waals surface area contributed by atoms with E-state index in [0.717, 1.165) is 37.3 Å². The van der Waals surface area contributed by atoms with Crippen LogP contribution in [0.3, 0.4) is 0 Å². The maximum Gasteiger partial charge on any atom is 0.167 e. The van der Waals surface area contributed by atoms with Gasteiger partial charge in [-0.1, -0.05) is 54.6 Å². The Hall–Kier alpha value is -2.81. The lowest BCUT2D eigenvalue weighted by atomic mass is 9.92. The molecule has 0 aromatic heterocycles. The summed E-state index contributed by atoms with van der Waals surface area (Å²) in [5.74, 6) is -2.38. The second kappa shape index (κ2) is 8.72. The van der Waals surface area contributed by atoms with Gasteiger partial charge >= 0.3 is 0 Å². The average Bonchev–Trinajstić information content (AvgIpc) is 2.68. The third kappa shape index (κ3) is 4.30. The molecule has 0 fully saturated rings. The van der Waals surface area contributed by atoms with Crippen molar-refractivity contribution in [2.24, 2.45) is 0 Å². The van der Waals surface area contributed by atoms with Crippen LogP contribution in [0.15, 0.2) is 73.3 Å². The van der Waals surface area contributed by atoms with Crippen molar-refractivity contribution in [1.82, 2.24) is 0 Å². The molecule has 0 aliphatic rings. The Bertz CT molecular complexity index is 927. The van der Waals surface area contributed by atoms with E-state index in [2.05, 4.69) is 6.58 Å². The van der Waals surface area contributed by atoms with Crippen LogP contribution in [0.4, 0.5) is 13.2 Å². The van der Waals surface area contributed by atoms with Gasteiger partial charge in [0.25, 0.3) is 0 Å². The molecule has 138 valence electrons. The molecule has 0 N–H and O–H groups in total. The number of halogens is 3. The topological polar surface area (TPSA) is 0 Å². The Morgan fingerprint density at radius 1 is 0.741 bits per heavy atom. The van der Waals surface area contributed by atoms with Gasteiger partial charge in [-0.2, -0.15) is 0 Å². The number of hydrogen-bond donors (Lipinski definition) is 0. The molecule has 0 atom stereocenters. The first-order chi connectivity index (χ1) is 13.1. The number of hydrogen-bond acceptors (Lipinski definition) is 0. The first-order valence-electron chi connectivity index (χ1n) is 9.05. The standard InChI is InChI=1S/C24H21F3/c1-2-3-4-5-8-17-11-13-18(14-12-17)23-20(15-16-22(26)24(23)27)19-9-6-7-10-21(19)25/h2,6-7,9-16H,1,3-5,8H2. The van der Waals surface area contributed by atoms with Crippen LogP contribution < -0.4 is 0 Å². The number of rotatable bonds is 7. The minimum absolute atomic E-state index is 0.0818. The summed E-state index contributed by atoms with van der Waals surface area (Å²) in [5.41, 5.74) is 2.33. The Balaban J connectivity index is 1.97. The Morgan fingerprint density at radius 2 is 1.48 bits per heavy atom. The summed E-state index contributed by atoms with van der Waals surface area (Å²) in [5, 5.41) is 0. The minimum Gasteiger partial charge on any atom is -0.206 e. The Kier molecular flexibility index (Phi) is 6.12. The summed E-state index contributed by atoms with van der Waals surface area (Å²) in [6.45, 7) is 3.71. The maximum atomic E-state index is 14.6. The monoisotopic (exact) mass is 366 g/mol. The molecule has 3 heteroatoms. The molecule has 0 saturated carbocycles. The van der Waals surface area contributed by atoms with Gasteiger partial charge in [0.05, 0.1) is 0 Å². The number of benzene rings is 3. The summed E-state index contributed by atoms with van der Waals surface area (Å²) in [4.78, 5) is 0. The predicted octanol–water partition coefficient (Wildman–Crippen LogP) is 7.34. The molecule has 3 rings (SSSR count). The zero-order valence-electron chi connectivity index (χ0n) is 15.0. The molecular formula is C24H21F3. The SMILES string of the molecule is C=CCCCCc1ccc(-c2c(-c3ccccc3F)ccc(F)c2F)cc1. The second-order valence-corrected chi connectivity index (χ2v) is 6.50. The molecule has 0 aliphatic carbocycles. The van der Waals surface area contributed by atoms with Gasteiger partial charge in [0, 0.05) is 11.1 Å². The molecule has 0 nitrogen and oxygen atoms in total. The smallest absolute Gasteiger partial charge is 0.167 e. The molecule has 0 unspecified atom stereocenters. The zero-order chi connectivity index (χ0) is 19.2. The van der Waals surface area contributed by atoms with Crippen molar-refractivity contribution < 1.29 is 13.2 Å². The van der Waals surface area contributed by atoms with E-state index in [4.69, 9.17) is 0 Å². The van der Waals surface area contributed by atoms with E-state index >= 15 is 0 Å². The van der Waals surface area contributed by atoms with Crippen molar-refractivity contribution in [1.29, 1.82) is 0 Å². The molecule has 0 amide bonds. The Morgan fingerprint density at radius 3 is 2.19 bits per heavy atom. The fourth-order valence-corrected chi connectivity index (χ4v) is 3.19. The number of aryl methyl sites for hydroxylation is 1. The fraction of sp³-hybridized carbons (Fsp3) is 0.167. The second-order valence-electron chi connectivity index (χ2n) is 6.50.